The maximum Gasteiger partial charge on any atom is 0.271 e. The van der Waals surface area contributed by atoms with Crippen LogP contribution in [0.15, 0.2) is 67.1 Å². The Bertz CT molecular complexity index is 1420. The van der Waals surface area contributed by atoms with Crippen molar-refractivity contribution in [1.82, 2.24) is 24.9 Å². The lowest BCUT2D eigenvalue weighted by Crippen LogP contribution is -2.56. The molecule has 0 spiro atoms. The van der Waals surface area contributed by atoms with Gasteiger partial charge in [0.15, 0.2) is 0 Å². The zero-order valence-electron chi connectivity index (χ0n) is 19.6. The first-order valence-electron chi connectivity index (χ1n) is 11.2. The summed E-state index contributed by atoms with van der Waals surface area (Å²) in [5.41, 5.74) is 3.88. The number of rotatable bonds is 6. The topological polar surface area (TPSA) is 96.8 Å². The van der Waals surface area contributed by atoms with Crippen molar-refractivity contribution in [2.24, 2.45) is 7.05 Å². The van der Waals surface area contributed by atoms with Crippen LogP contribution in [0.2, 0.25) is 0 Å². The Morgan fingerprint density at radius 2 is 1.89 bits per heavy atom. The summed E-state index contributed by atoms with van der Waals surface area (Å²) in [4.78, 5) is 41.3. The quantitative estimate of drug-likeness (QED) is 0.556. The Kier molecular flexibility index (Phi) is 5.49. The summed E-state index contributed by atoms with van der Waals surface area (Å²) in [6, 6.07) is 11.5. The van der Waals surface area contributed by atoms with Crippen LogP contribution in [0.25, 0.3) is 22.0 Å². The van der Waals surface area contributed by atoms with Crippen LogP contribution in [0.1, 0.15) is 15.9 Å². The molecule has 3 heterocycles. The van der Waals surface area contributed by atoms with E-state index in [1.165, 1.54) is 9.80 Å². The number of carbonyl (C=O) groups is 3. The fourth-order valence-corrected chi connectivity index (χ4v) is 4.46. The molecule has 1 N–H and O–H groups in total. The molecule has 9 nitrogen and oxygen atoms in total. The molecule has 0 saturated carbocycles. The molecule has 2 aliphatic rings. The predicted octanol–water partition coefficient (Wildman–Crippen LogP) is 2.20. The summed E-state index contributed by atoms with van der Waals surface area (Å²) in [6.07, 6.45) is 1.93. The van der Waals surface area contributed by atoms with Crippen LogP contribution in [0.5, 0.6) is 0 Å². The second-order valence-corrected chi connectivity index (χ2v) is 8.75. The number of fused-ring (bicyclic) bond motifs is 2. The molecule has 0 aliphatic carbocycles. The average molecular weight is 472 g/mol. The number of hydrogen-bond donors (Lipinski definition) is 1. The number of benzene rings is 2. The van der Waals surface area contributed by atoms with Crippen molar-refractivity contribution in [2.45, 2.75) is 12.6 Å². The molecule has 178 valence electrons. The number of carbonyl (C=O) groups excluding carboxylic acids is 3. The summed E-state index contributed by atoms with van der Waals surface area (Å²) in [7, 11) is 3.45. The van der Waals surface area contributed by atoms with Crippen molar-refractivity contribution in [3.05, 3.63) is 78.3 Å². The van der Waals surface area contributed by atoms with Gasteiger partial charge in [0, 0.05) is 44.4 Å². The highest BCUT2D eigenvalue weighted by atomic mass is 16.5. The fourth-order valence-electron chi connectivity index (χ4n) is 4.46. The van der Waals surface area contributed by atoms with Gasteiger partial charge in [-0.2, -0.15) is 5.10 Å². The van der Waals surface area contributed by atoms with E-state index in [0.717, 1.165) is 27.6 Å². The van der Waals surface area contributed by atoms with Crippen molar-refractivity contribution in [3.8, 4) is 11.1 Å². The summed E-state index contributed by atoms with van der Waals surface area (Å²) in [5.74, 6) is -1.35. The highest BCUT2D eigenvalue weighted by molar-refractivity contribution is 6.08. The molecular formula is C26H25N5O4. The number of methoxy groups -OCH3 is 1. The first-order valence-corrected chi connectivity index (χ1v) is 11.2. The molecule has 1 saturated heterocycles. The van der Waals surface area contributed by atoms with E-state index in [-0.39, 0.29) is 35.9 Å². The summed E-state index contributed by atoms with van der Waals surface area (Å²) in [6.45, 7) is 8.59. The van der Waals surface area contributed by atoms with E-state index in [1.807, 2.05) is 43.6 Å². The molecule has 2 aliphatic heterocycles. The summed E-state index contributed by atoms with van der Waals surface area (Å²) < 4.78 is 6.92. The smallest absolute Gasteiger partial charge is 0.271 e. The van der Waals surface area contributed by atoms with Crippen LogP contribution >= 0.6 is 0 Å². The minimum absolute atomic E-state index is 0.00859. The van der Waals surface area contributed by atoms with Crippen molar-refractivity contribution in [3.63, 3.8) is 0 Å². The third-order valence-corrected chi connectivity index (χ3v) is 6.48. The van der Waals surface area contributed by atoms with E-state index in [9.17, 15) is 14.4 Å². The first kappa shape index (κ1) is 22.5. The number of nitrogens with one attached hydrogen (secondary N) is 1. The molecule has 3 amide bonds. The number of likely N-dealkylation sites (tertiary alicyclic amines) is 1. The SMILES string of the molecule is C=C(NC(=O)C(=C)N1Cc2c(cccc2-c2ccc3cn(C)nc3c2)C1=O)C(=O)N1CC(OC)C1. The summed E-state index contributed by atoms with van der Waals surface area (Å²) >= 11 is 0. The Labute approximate surface area is 202 Å². The van der Waals surface area contributed by atoms with Crippen LogP contribution in [0.3, 0.4) is 0 Å². The van der Waals surface area contributed by atoms with Gasteiger partial charge in [-0.1, -0.05) is 37.4 Å². The third-order valence-electron chi connectivity index (χ3n) is 6.48. The van der Waals surface area contributed by atoms with Gasteiger partial charge in [-0.05, 0) is 28.8 Å². The standard InChI is InChI=1S/C26H25N5O4/c1-15(25(33)30-12-19(13-30)35-4)27-24(32)16(2)31-14-22-20(6-5-7-21(22)26(31)34)17-8-9-18-11-29(3)28-23(18)10-17/h5-11,19H,1-2,12-14H2,3-4H3,(H,27,32). The van der Waals surface area contributed by atoms with E-state index < -0.39 is 5.91 Å². The number of ether oxygens (including phenoxy) is 1. The number of aryl methyl sites for hydroxylation is 1. The van der Waals surface area contributed by atoms with E-state index in [2.05, 4.69) is 23.6 Å². The molecule has 0 bridgehead atoms. The van der Waals surface area contributed by atoms with Gasteiger partial charge in [-0.25, -0.2) is 0 Å². The van der Waals surface area contributed by atoms with Crippen LogP contribution in [0, 0.1) is 0 Å². The highest BCUT2D eigenvalue weighted by Gasteiger charge is 2.35. The minimum Gasteiger partial charge on any atom is -0.378 e. The number of amides is 3. The lowest BCUT2D eigenvalue weighted by molar-refractivity contribution is -0.139. The Hall–Kier alpha value is -4.24. The normalized spacial score (nSPS) is 15.2. The molecule has 1 aromatic heterocycles. The van der Waals surface area contributed by atoms with Gasteiger partial charge in [0.05, 0.1) is 23.9 Å². The molecule has 0 atom stereocenters. The Balaban J connectivity index is 1.32. The average Bonchev–Trinajstić information content (AvgIpc) is 3.35. The van der Waals surface area contributed by atoms with Gasteiger partial charge in [0.25, 0.3) is 17.7 Å². The number of nitrogens with zero attached hydrogens (tertiary/aromatic N) is 4. The molecule has 35 heavy (non-hydrogen) atoms. The molecule has 0 radical (unpaired) electrons. The van der Waals surface area contributed by atoms with Gasteiger partial charge in [-0.3, -0.25) is 24.0 Å². The van der Waals surface area contributed by atoms with Crippen molar-refractivity contribution in [1.29, 1.82) is 0 Å². The maximum atomic E-state index is 13.2. The second kappa shape index (κ2) is 8.52. The third kappa shape index (κ3) is 3.89. The van der Waals surface area contributed by atoms with Crippen molar-refractivity contribution in [2.75, 3.05) is 20.2 Å². The second-order valence-electron chi connectivity index (χ2n) is 8.75. The van der Waals surface area contributed by atoms with Crippen molar-refractivity contribution < 1.29 is 19.1 Å². The largest absolute Gasteiger partial charge is 0.378 e. The number of hydrogen-bond acceptors (Lipinski definition) is 5. The van der Waals surface area contributed by atoms with Gasteiger partial charge < -0.3 is 15.0 Å². The highest BCUT2D eigenvalue weighted by Crippen LogP contribution is 2.35. The molecule has 5 rings (SSSR count). The molecule has 2 aromatic carbocycles. The zero-order chi connectivity index (χ0) is 24.9. The van der Waals surface area contributed by atoms with Crippen molar-refractivity contribution >= 4 is 28.6 Å². The van der Waals surface area contributed by atoms with E-state index >= 15 is 0 Å². The Morgan fingerprint density at radius 3 is 2.63 bits per heavy atom. The van der Waals surface area contributed by atoms with Gasteiger partial charge in [-0.15, -0.1) is 0 Å². The zero-order valence-corrected chi connectivity index (χ0v) is 19.6. The van der Waals surface area contributed by atoms with Gasteiger partial charge in [0.2, 0.25) is 0 Å². The molecule has 0 unspecified atom stereocenters. The molecule has 1 fully saturated rings. The molecular weight excluding hydrogens is 446 g/mol. The monoisotopic (exact) mass is 471 g/mol. The van der Waals surface area contributed by atoms with Crippen LogP contribution in [0.4, 0.5) is 0 Å². The lowest BCUT2D eigenvalue weighted by atomic mass is 9.96. The minimum atomic E-state index is -0.648. The van der Waals surface area contributed by atoms with Crippen LogP contribution in [-0.2, 0) is 27.9 Å². The first-order chi connectivity index (χ1) is 16.8. The fraction of sp³-hybridized carbons (Fsp3) is 0.231. The molecule has 3 aromatic rings. The maximum absolute atomic E-state index is 13.2. The number of aromatic nitrogens is 2. The Morgan fingerprint density at radius 1 is 1.14 bits per heavy atom. The van der Waals surface area contributed by atoms with Gasteiger partial charge >= 0.3 is 0 Å². The van der Waals surface area contributed by atoms with E-state index in [1.54, 1.807) is 17.9 Å². The van der Waals surface area contributed by atoms with Gasteiger partial charge in [0.1, 0.15) is 5.70 Å². The van der Waals surface area contributed by atoms with Crippen LogP contribution in [-0.4, -0.2) is 63.6 Å². The van der Waals surface area contributed by atoms with E-state index in [0.29, 0.717) is 18.7 Å². The lowest BCUT2D eigenvalue weighted by Gasteiger charge is -2.38. The predicted molar refractivity (Wildman–Crippen MR) is 130 cm³/mol. The van der Waals surface area contributed by atoms with Crippen LogP contribution < -0.4 is 5.32 Å². The van der Waals surface area contributed by atoms with E-state index in [4.69, 9.17) is 4.74 Å². The summed E-state index contributed by atoms with van der Waals surface area (Å²) in [5, 5.41) is 7.98. The molecule has 9 heteroatoms.